The molecule has 0 radical (unpaired) electrons. The largest absolute Gasteiger partial charge is 0.147 e. The molecule has 0 spiro atoms. The molecular formula is C31H36SSi. The Labute approximate surface area is 206 Å². The van der Waals surface area contributed by atoms with Gasteiger partial charge >= 0.3 is 0 Å². The standard InChI is InChI=1S/C31H36SSi/c1-31(2,3)32-30-23-20-27(19-13-14-24-33(4,5)6)29(30)22-21-28(25-15-9-7-10-16-25)26-17-11-8-12-18-26/h7-12,15-19,30H,20,23-24H2,1-6H3/b27-19-. The molecule has 170 valence electrons. The second-order valence-electron chi connectivity index (χ2n) is 10.8. The predicted molar refractivity (Wildman–Crippen MR) is 150 cm³/mol. The van der Waals surface area contributed by atoms with Gasteiger partial charge in [-0.25, -0.2) is 0 Å². The number of allylic oxidation sites excluding steroid dienone is 2. The summed E-state index contributed by atoms with van der Waals surface area (Å²) in [6, 6.07) is 22.1. The molecule has 0 amide bonds. The molecule has 0 heterocycles. The van der Waals surface area contributed by atoms with E-state index in [1.807, 2.05) is 11.8 Å². The van der Waals surface area contributed by atoms with Crippen molar-refractivity contribution in [3.63, 3.8) is 0 Å². The van der Waals surface area contributed by atoms with Crippen molar-refractivity contribution < 1.29 is 0 Å². The van der Waals surface area contributed by atoms with Crippen LogP contribution in [0.5, 0.6) is 0 Å². The first kappa shape index (κ1) is 25.2. The van der Waals surface area contributed by atoms with Crippen LogP contribution in [0.15, 0.2) is 89.3 Å². The highest BCUT2D eigenvalue weighted by Gasteiger charge is 2.29. The van der Waals surface area contributed by atoms with Crippen LogP contribution in [0.2, 0.25) is 25.7 Å². The molecule has 2 heteroatoms. The van der Waals surface area contributed by atoms with E-state index in [1.165, 1.54) is 11.1 Å². The van der Waals surface area contributed by atoms with Crippen molar-refractivity contribution >= 4 is 25.4 Å². The van der Waals surface area contributed by atoms with Crippen molar-refractivity contribution in [3.8, 4) is 11.8 Å². The van der Waals surface area contributed by atoms with Crippen molar-refractivity contribution in [2.75, 3.05) is 0 Å². The van der Waals surface area contributed by atoms with Gasteiger partial charge in [0, 0.05) is 27.2 Å². The monoisotopic (exact) mass is 468 g/mol. The smallest absolute Gasteiger partial charge is 0.0573 e. The third-order valence-corrected chi connectivity index (χ3v) is 7.95. The maximum atomic E-state index is 3.64. The first-order chi connectivity index (χ1) is 15.6. The van der Waals surface area contributed by atoms with E-state index in [1.54, 1.807) is 0 Å². The van der Waals surface area contributed by atoms with Gasteiger partial charge in [-0.3, -0.25) is 0 Å². The molecule has 1 unspecified atom stereocenters. The molecule has 1 fully saturated rings. The summed E-state index contributed by atoms with van der Waals surface area (Å²) in [7, 11) is -1.15. The van der Waals surface area contributed by atoms with Crippen molar-refractivity contribution in [1.82, 2.24) is 0 Å². The second kappa shape index (κ2) is 11.2. The molecular weight excluding hydrogens is 432 g/mol. The van der Waals surface area contributed by atoms with Crippen LogP contribution in [0.4, 0.5) is 0 Å². The van der Waals surface area contributed by atoms with Crippen molar-refractivity contribution in [2.45, 2.75) is 69.3 Å². The number of benzene rings is 2. The topological polar surface area (TPSA) is 0 Å². The van der Waals surface area contributed by atoms with Crippen LogP contribution in [0.3, 0.4) is 0 Å². The summed E-state index contributed by atoms with van der Waals surface area (Å²) in [4.78, 5) is 0. The predicted octanol–water partition coefficient (Wildman–Crippen LogP) is 8.76. The zero-order valence-corrected chi connectivity index (χ0v) is 22.8. The Morgan fingerprint density at radius 3 is 2.06 bits per heavy atom. The molecule has 0 nitrogen and oxygen atoms in total. The van der Waals surface area contributed by atoms with Crippen LogP contribution in [0.25, 0.3) is 5.57 Å². The van der Waals surface area contributed by atoms with Crippen LogP contribution < -0.4 is 0 Å². The molecule has 0 bridgehead atoms. The van der Waals surface area contributed by atoms with Gasteiger partial charge in [-0.1, -0.05) is 118 Å². The van der Waals surface area contributed by atoms with E-state index in [2.05, 4.69) is 130 Å². The van der Waals surface area contributed by atoms with Gasteiger partial charge < -0.3 is 0 Å². The molecule has 1 aliphatic rings. The SMILES string of the molecule is CC(C)(C)SC1CC/C(=C/C#CC[Si](C)(C)C)C1=C=C=C(c1ccccc1)c1ccccc1. The summed E-state index contributed by atoms with van der Waals surface area (Å²) in [5.74, 6) is 6.78. The van der Waals surface area contributed by atoms with E-state index in [0.717, 1.165) is 35.6 Å². The number of rotatable bonds is 4. The quantitative estimate of drug-likeness (QED) is 0.245. The van der Waals surface area contributed by atoms with Crippen molar-refractivity contribution in [3.05, 3.63) is 100 Å². The van der Waals surface area contributed by atoms with E-state index < -0.39 is 8.07 Å². The molecule has 2 aromatic carbocycles. The van der Waals surface area contributed by atoms with Gasteiger partial charge in [-0.15, -0.1) is 17.7 Å². The van der Waals surface area contributed by atoms with Gasteiger partial charge in [0.1, 0.15) is 0 Å². The number of thioether (sulfide) groups is 1. The van der Waals surface area contributed by atoms with Gasteiger partial charge in [-0.05, 0) is 35.6 Å². The van der Waals surface area contributed by atoms with Crippen LogP contribution in [0, 0.1) is 11.8 Å². The Hall–Kier alpha value is -2.39. The fraction of sp³-hybridized carbons (Fsp3) is 0.355. The van der Waals surface area contributed by atoms with Gasteiger partial charge in [0.25, 0.3) is 0 Å². The molecule has 0 N–H and O–H groups in total. The fourth-order valence-electron chi connectivity index (χ4n) is 3.73. The normalized spacial score (nSPS) is 17.2. The summed E-state index contributed by atoms with van der Waals surface area (Å²) >= 11 is 2.03. The van der Waals surface area contributed by atoms with Crippen LogP contribution >= 0.6 is 11.8 Å². The van der Waals surface area contributed by atoms with Gasteiger partial charge in [0.15, 0.2) is 0 Å². The lowest BCUT2D eigenvalue weighted by molar-refractivity contribution is 0.791. The van der Waals surface area contributed by atoms with E-state index in [0.29, 0.717) is 5.25 Å². The molecule has 0 saturated heterocycles. The average molecular weight is 469 g/mol. The average Bonchev–Trinajstić information content (AvgIpc) is 3.12. The maximum absolute atomic E-state index is 3.64. The molecule has 2 aromatic rings. The Kier molecular flexibility index (Phi) is 8.53. The summed E-state index contributed by atoms with van der Waals surface area (Å²) < 4.78 is 0.196. The van der Waals surface area contributed by atoms with Crippen LogP contribution in [-0.4, -0.2) is 18.1 Å². The summed E-state index contributed by atoms with van der Waals surface area (Å²) in [6.45, 7) is 14.0. The molecule has 1 atom stereocenters. The Balaban J connectivity index is 2.14. The third kappa shape index (κ3) is 8.15. The Morgan fingerprint density at radius 1 is 0.970 bits per heavy atom. The van der Waals surface area contributed by atoms with Crippen LogP contribution in [-0.2, 0) is 0 Å². The molecule has 0 aromatic heterocycles. The first-order valence-electron chi connectivity index (χ1n) is 11.8. The highest BCUT2D eigenvalue weighted by molar-refractivity contribution is 8.01. The van der Waals surface area contributed by atoms with Gasteiger partial charge in [0.05, 0.1) is 8.07 Å². The van der Waals surface area contributed by atoms with Crippen molar-refractivity contribution in [2.24, 2.45) is 0 Å². The van der Waals surface area contributed by atoms with E-state index >= 15 is 0 Å². The van der Waals surface area contributed by atoms with Gasteiger partial charge in [0.2, 0.25) is 0 Å². The Bertz CT molecular complexity index is 1090. The molecule has 1 aliphatic carbocycles. The highest BCUT2D eigenvalue weighted by atomic mass is 32.2. The molecule has 3 rings (SSSR count). The third-order valence-electron chi connectivity index (χ3n) is 5.25. The number of hydrogen-bond donors (Lipinski definition) is 0. The molecule has 33 heavy (non-hydrogen) atoms. The molecule has 0 aliphatic heterocycles. The number of hydrogen-bond acceptors (Lipinski definition) is 1. The minimum atomic E-state index is -1.15. The van der Waals surface area contributed by atoms with Crippen molar-refractivity contribution in [1.29, 1.82) is 0 Å². The second-order valence-corrected chi connectivity index (χ2v) is 18.3. The zero-order valence-electron chi connectivity index (χ0n) is 21.0. The van der Waals surface area contributed by atoms with E-state index in [-0.39, 0.29) is 4.75 Å². The maximum Gasteiger partial charge on any atom is 0.0573 e. The summed E-state index contributed by atoms with van der Waals surface area (Å²) in [5.41, 5.74) is 13.2. The zero-order chi connectivity index (χ0) is 23.9. The lowest BCUT2D eigenvalue weighted by atomic mass is 9.99. The lowest BCUT2D eigenvalue weighted by Gasteiger charge is -2.22. The lowest BCUT2D eigenvalue weighted by Crippen LogP contribution is -2.17. The summed E-state index contributed by atoms with van der Waals surface area (Å²) in [6.07, 6.45) is 4.35. The van der Waals surface area contributed by atoms with E-state index in [9.17, 15) is 0 Å². The first-order valence-corrected chi connectivity index (χ1v) is 16.4. The van der Waals surface area contributed by atoms with Crippen LogP contribution in [0.1, 0.15) is 44.7 Å². The van der Waals surface area contributed by atoms with E-state index in [4.69, 9.17) is 0 Å². The van der Waals surface area contributed by atoms with Gasteiger partial charge in [-0.2, -0.15) is 0 Å². The Morgan fingerprint density at radius 2 is 1.55 bits per heavy atom. The minimum Gasteiger partial charge on any atom is -0.147 e. The summed E-state index contributed by atoms with van der Waals surface area (Å²) in [5, 5.41) is 0.426. The minimum absolute atomic E-state index is 0.196. The highest BCUT2D eigenvalue weighted by Crippen LogP contribution is 2.43. The molecule has 1 saturated carbocycles. The fourth-order valence-corrected chi connectivity index (χ4v) is 5.78.